The van der Waals surface area contributed by atoms with Crippen molar-refractivity contribution in [2.24, 2.45) is 0 Å². The van der Waals surface area contributed by atoms with E-state index >= 15 is 0 Å². The standard InChI is InChI=1S/C22H32N4O2S/c1-22(2,3)21-20(17-26(23-21)19-11-7-8-12-19)29(27,28)25-15-13-24(14-16-25)18-9-5-4-6-10-18/h4-6,9-10,17,19H,7-8,11-16H2,1-3H3. The van der Waals surface area contributed by atoms with Crippen LogP contribution < -0.4 is 4.90 Å². The number of hydrogen-bond donors (Lipinski definition) is 0. The second-order valence-corrected chi connectivity index (χ2v) is 11.1. The van der Waals surface area contributed by atoms with Crippen molar-refractivity contribution in [3.63, 3.8) is 0 Å². The van der Waals surface area contributed by atoms with E-state index in [-0.39, 0.29) is 5.41 Å². The Kier molecular flexibility index (Phi) is 5.46. The van der Waals surface area contributed by atoms with Gasteiger partial charge >= 0.3 is 0 Å². The maximum absolute atomic E-state index is 13.6. The predicted octanol–water partition coefficient (Wildman–Crippen LogP) is 3.81. The Balaban J connectivity index is 1.58. The van der Waals surface area contributed by atoms with Crippen LogP contribution in [-0.4, -0.2) is 48.7 Å². The van der Waals surface area contributed by atoms with Crippen molar-refractivity contribution in [2.45, 2.75) is 62.8 Å². The fourth-order valence-corrected chi connectivity index (χ4v) is 6.16. The molecule has 1 aromatic heterocycles. The molecule has 2 aliphatic rings. The molecule has 2 fully saturated rings. The summed E-state index contributed by atoms with van der Waals surface area (Å²) in [4.78, 5) is 2.64. The Bertz CT molecular complexity index is 933. The smallest absolute Gasteiger partial charge is 0.246 e. The molecular weight excluding hydrogens is 384 g/mol. The van der Waals surface area contributed by atoms with E-state index in [1.54, 1.807) is 10.5 Å². The van der Waals surface area contributed by atoms with E-state index in [9.17, 15) is 8.42 Å². The molecule has 1 saturated heterocycles. The molecule has 2 aromatic rings. The van der Waals surface area contributed by atoms with Crippen LogP contribution in [0.5, 0.6) is 0 Å². The maximum atomic E-state index is 13.6. The second-order valence-electron chi connectivity index (χ2n) is 9.24. The van der Waals surface area contributed by atoms with Crippen molar-refractivity contribution in [1.29, 1.82) is 0 Å². The minimum absolute atomic E-state index is 0.321. The third-order valence-corrected chi connectivity index (χ3v) is 7.98. The maximum Gasteiger partial charge on any atom is 0.246 e. The highest BCUT2D eigenvalue weighted by molar-refractivity contribution is 7.89. The zero-order valence-corrected chi connectivity index (χ0v) is 18.5. The van der Waals surface area contributed by atoms with Crippen LogP contribution in [0.2, 0.25) is 0 Å². The number of sulfonamides is 1. The fraction of sp³-hybridized carbons (Fsp3) is 0.591. The van der Waals surface area contributed by atoms with E-state index in [1.807, 2.05) is 43.7 Å². The van der Waals surface area contributed by atoms with Gasteiger partial charge in [0.25, 0.3) is 0 Å². The average molecular weight is 417 g/mol. The van der Waals surface area contributed by atoms with Gasteiger partial charge in [-0.05, 0) is 25.0 Å². The Hall–Kier alpha value is -1.86. The molecule has 1 aliphatic carbocycles. The van der Waals surface area contributed by atoms with Gasteiger partial charge in [-0.25, -0.2) is 8.42 Å². The molecule has 6 nitrogen and oxygen atoms in total. The third kappa shape index (κ3) is 4.08. The van der Waals surface area contributed by atoms with Gasteiger partial charge in [0.15, 0.2) is 0 Å². The van der Waals surface area contributed by atoms with Crippen LogP contribution in [0.1, 0.15) is 58.2 Å². The van der Waals surface area contributed by atoms with Gasteiger partial charge < -0.3 is 4.90 Å². The van der Waals surface area contributed by atoms with Crippen LogP contribution in [0, 0.1) is 0 Å². The second kappa shape index (κ2) is 7.76. The van der Waals surface area contributed by atoms with E-state index in [2.05, 4.69) is 17.0 Å². The molecule has 1 saturated carbocycles. The molecule has 2 heterocycles. The number of benzene rings is 1. The minimum Gasteiger partial charge on any atom is -0.369 e. The molecule has 1 aliphatic heterocycles. The summed E-state index contributed by atoms with van der Waals surface area (Å²) >= 11 is 0. The zero-order chi connectivity index (χ0) is 20.6. The lowest BCUT2D eigenvalue weighted by Crippen LogP contribution is -2.48. The van der Waals surface area contributed by atoms with Crippen LogP contribution in [0.3, 0.4) is 0 Å². The molecule has 29 heavy (non-hydrogen) atoms. The Morgan fingerprint density at radius 3 is 2.17 bits per heavy atom. The molecule has 0 atom stereocenters. The number of hydrogen-bond acceptors (Lipinski definition) is 4. The van der Waals surface area contributed by atoms with Gasteiger partial charge in [0.1, 0.15) is 4.90 Å². The summed E-state index contributed by atoms with van der Waals surface area (Å²) in [6, 6.07) is 10.5. The Morgan fingerprint density at radius 1 is 0.966 bits per heavy atom. The summed E-state index contributed by atoms with van der Waals surface area (Å²) in [5, 5.41) is 4.79. The first kappa shape index (κ1) is 20.4. The lowest BCUT2D eigenvalue weighted by atomic mass is 9.92. The molecule has 0 N–H and O–H groups in total. The van der Waals surface area contributed by atoms with Crippen molar-refractivity contribution in [3.05, 3.63) is 42.2 Å². The molecule has 7 heteroatoms. The van der Waals surface area contributed by atoms with Gasteiger partial charge in [-0.1, -0.05) is 51.8 Å². The van der Waals surface area contributed by atoms with Gasteiger partial charge in [-0.2, -0.15) is 9.40 Å². The minimum atomic E-state index is -3.57. The van der Waals surface area contributed by atoms with Gasteiger partial charge in [-0.15, -0.1) is 0 Å². The van der Waals surface area contributed by atoms with Crippen LogP contribution in [-0.2, 0) is 15.4 Å². The van der Waals surface area contributed by atoms with E-state index in [4.69, 9.17) is 5.10 Å². The molecule has 158 valence electrons. The summed E-state index contributed by atoms with van der Waals surface area (Å²) < 4.78 is 30.7. The normalized spacial score (nSPS) is 19.8. The van der Waals surface area contributed by atoms with Crippen LogP contribution >= 0.6 is 0 Å². The first-order valence-electron chi connectivity index (χ1n) is 10.7. The van der Waals surface area contributed by atoms with Gasteiger partial charge in [0.05, 0.1) is 11.7 Å². The molecule has 0 spiro atoms. The summed E-state index contributed by atoms with van der Waals surface area (Å²) in [5.41, 5.74) is 1.52. The molecular formula is C22H32N4O2S. The highest BCUT2D eigenvalue weighted by Crippen LogP contribution is 2.35. The van der Waals surface area contributed by atoms with Gasteiger partial charge in [0.2, 0.25) is 10.0 Å². The largest absolute Gasteiger partial charge is 0.369 e. The molecule has 0 amide bonds. The topological polar surface area (TPSA) is 58.4 Å². The summed E-state index contributed by atoms with van der Waals surface area (Å²) in [6.07, 6.45) is 6.36. The van der Waals surface area contributed by atoms with Gasteiger partial charge in [0, 0.05) is 43.5 Å². The molecule has 4 rings (SSSR count). The van der Waals surface area contributed by atoms with Crippen LogP contribution in [0.25, 0.3) is 0 Å². The number of nitrogens with zero attached hydrogens (tertiary/aromatic N) is 4. The quantitative estimate of drug-likeness (QED) is 0.761. The fourth-order valence-electron chi connectivity index (χ4n) is 4.40. The first-order valence-corrected chi connectivity index (χ1v) is 12.1. The summed E-state index contributed by atoms with van der Waals surface area (Å²) in [5.74, 6) is 0. The van der Waals surface area contributed by atoms with Crippen molar-refractivity contribution >= 4 is 15.7 Å². The summed E-state index contributed by atoms with van der Waals surface area (Å²) in [6.45, 7) is 8.52. The Morgan fingerprint density at radius 2 is 1.59 bits per heavy atom. The van der Waals surface area contributed by atoms with E-state index < -0.39 is 10.0 Å². The van der Waals surface area contributed by atoms with Gasteiger partial charge in [-0.3, -0.25) is 4.68 Å². The molecule has 1 aromatic carbocycles. The molecule has 0 bridgehead atoms. The highest BCUT2D eigenvalue weighted by Gasteiger charge is 2.36. The van der Waals surface area contributed by atoms with Crippen molar-refractivity contribution in [3.8, 4) is 0 Å². The zero-order valence-electron chi connectivity index (χ0n) is 17.7. The van der Waals surface area contributed by atoms with Crippen LogP contribution in [0.15, 0.2) is 41.4 Å². The van der Waals surface area contributed by atoms with Crippen molar-refractivity contribution < 1.29 is 8.42 Å². The van der Waals surface area contributed by atoms with E-state index in [1.165, 1.54) is 12.8 Å². The summed E-state index contributed by atoms with van der Waals surface area (Å²) in [7, 11) is -3.57. The van der Waals surface area contributed by atoms with Crippen LogP contribution in [0.4, 0.5) is 5.69 Å². The van der Waals surface area contributed by atoms with E-state index in [0.29, 0.717) is 42.8 Å². The molecule has 0 radical (unpaired) electrons. The highest BCUT2D eigenvalue weighted by atomic mass is 32.2. The van der Waals surface area contributed by atoms with Crippen molar-refractivity contribution in [1.82, 2.24) is 14.1 Å². The first-order chi connectivity index (χ1) is 13.8. The number of aromatic nitrogens is 2. The monoisotopic (exact) mass is 416 g/mol. The third-order valence-electron chi connectivity index (χ3n) is 6.09. The van der Waals surface area contributed by atoms with E-state index in [0.717, 1.165) is 18.5 Å². The lowest BCUT2D eigenvalue weighted by Gasteiger charge is -2.35. The predicted molar refractivity (Wildman–Crippen MR) is 116 cm³/mol. The Labute approximate surface area is 174 Å². The number of para-hydroxylation sites is 1. The number of anilines is 1. The lowest BCUT2D eigenvalue weighted by molar-refractivity contribution is 0.383. The van der Waals surface area contributed by atoms with Crippen molar-refractivity contribution in [2.75, 3.05) is 31.1 Å². The molecule has 0 unspecified atom stereocenters. The number of piperazine rings is 1. The number of rotatable bonds is 4. The SMILES string of the molecule is CC(C)(C)c1nn(C2CCCC2)cc1S(=O)(=O)N1CCN(c2ccccc2)CC1. The average Bonchev–Trinajstić information content (AvgIpc) is 3.38.